The third-order valence-corrected chi connectivity index (χ3v) is 7.38. The number of sulfonamides is 1. The molecule has 0 atom stereocenters. The van der Waals surface area contributed by atoms with E-state index in [0.717, 1.165) is 16.1 Å². The lowest BCUT2D eigenvalue weighted by atomic mass is 10.2. The topological polar surface area (TPSA) is 79.4 Å². The van der Waals surface area contributed by atoms with Crippen molar-refractivity contribution in [2.75, 3.05) is 11.9 Å². The molecule has 4 aromatic rings. The highest BCUT2D eigenvalue weighted by atomic mass is 32.2. The fourth-order valence-electron chi connectivity index (χ4n) is 3.18. The van der Waals surface area contributed by atoms with Crippen LogP contribution in [0.25, 0.3) is 10.6 Å². The fraction of sp³-hybridized carbons (Fsp3) is 0.0833. The van der Waals surface area contributed by atoms with Crippen molar-refractivity contribution in [1.29, 1.82) is 0 Å². The zero-order valence-electron chi connectivity index (χ0n) is 17.1. The van der Waals surface area contributed by atoms with Crippen LogP contribution in [0.5, 0.6) is 0 Å². The number of aromatic nitrogens is 1. The number of benzene rings is 3. The molecule has 0 aliphatic heterocycles. The van der Waals surface area contributed by atoms with Crippen LogP contribution < -0.4 is 5.32 Å². The maximum Gasteiger partial charge on any atom is 0.243 e. The number of carbonyl (C=O) groups excluding carboxylic acids is 1. The Kier molecular flexibility index (Phi) is 6.75. The van der Waals surface area contributed by atoms with Crippen LogP contribution in [0, 0.1) is 0 Å². The zero-order valence-corrected chi connectivity index (χ0v) is 18.7. The largest absolute Gasteiger partial charge is 0.325 e. The molecule has 0 bridgehead atoms. The number of carbonyl (C=O) groups is 1. The molecular formula is C24H21N3O3S2. The smallest absolute Gasteiger partial charge is 0.243 e. The molecule has 0 unspecified atom stereocenters. The lowest BCUT2D eigenvalue weighted by Gasteiger charge is -2.22. The number of amides is 1. The molecule has 4 rings (SSSR count). The summed E-state index contributed by atoms with van der Waals surface area (Å²) < 4.78 is 27.7. The normalized spacial score (nSPS) is 11.4. The molecule has 1 aromatic heterocycles. The van der Waals surface area contributed by atoms with Gasteiger partial charge in [0.15, 0.2) is 0 Å². The van der Waals surface area contributed by atoms with Crippen LogP contribution in [0.3, 0.4) is 0 Å². The predicted octanol–water partition coefficient (Wildman–Crippen LogP) is 4.64. The summed E-state index contributed by atoms with van der Waals surface area (Å²) in [5.74, 6) is -0.414. The van der Waals surface area contributed by atoms with E-state index in [-0.39, 0.29) is 18.0 Å². The van der Waals surface area contributed by atoms with Gasteiger partial charge in [0.2, 0.25) is 15.9 Å². The second-order valence-corrected chi connectivity index (χ2v) is 9.87. The summed E-state index contributed by atoms with van der Waals surface area (Å²) in [6.07, 6.45) is 1.74. The van der Waals surface area contributed by atoms with E-state index in [4.69, 9.17) is 0 Å². The average Bonchev–Trinajstić information content (AvgIpc) is 3.35. The Morgan fingerprint density at radius 1 is 0.906 bits per heavy atom. The number of nitrogens with zero attached hydrogens (tertiary/aromatic N) is 2. The molecule has 1 N–H and O–H groups in total. The van der Waals surface area contributed by atoms with E-state index in [2.05, 4.69) is 10.3 Å². The highest BCUT2D eigenvalue weighted by molar-refractivity contribution is 7.89. The number of rotatable bonds is 8. The van der Waals surface area contributed by atoms with Gasteiger partial charge in [0.05, 0.1) is 11.4 Å². The Hall–Kier alpha value is -3.33. The van der Waals surface area contributed by atoms with Crippen molar-refractivity contribution in [3.63, 3.8) is 0 Å². The minimum Gasteiger partial charge on any atom is -0.325 e. The third-order valence-electron chi connectivity index (χ3n) is 4.75. The van der Waals surface area contributed by atoms with Crippen molar-refractivity contribution >= 4 is 33.0 Å². The first-order valence-corrected chi connectivity index (χ1v) is 12.2. The van der Waals surface area contributed by atoms with E-state index in [1.54, 1.807) is 36.5 Å². The molecule has 0 saturated heterocycles. The van der Waals surface area contributed by atoms with Crippen molar-refractivity contribution in [3.8, 4) is 10.6 Å². The van der Waals surface area contributed by atoms with Crippen LogP contribution in [-0.4, -0.2) is 30.2 Å². The van der Waals surface area contributed by atoms with Crippen molar-refractivity contribution in [2.24, 2.45) is 0 Å². The van der Waals surface area contributed by atoms with Crippen molar-refractivity contribution in [2.45, 2.75) is 11.4 Å². The van der Waals surface area contributed by atoms with Gasteiger partial charge in [-0.25, -0.2) is 13.4 Å². The molecule has 162 valence electrons. The monoisotopic (exact) mass is 463 g/mol. The third kappa shape index (κ3) is 5.28. The molecule has 0 aliphatic rings. The van der Waals surface area contributed by atoms with Crippen LogP contribution in [0.15, 0.2) is 101 Å². The van der Waals surface area contributed by atoms with Crippen molar-refractivity contribution in [3.05, 3.63) is 102 Å². The Labute approximate surface area is 191 Å². The van der Waals surface area contributed by atoms with Gasteiger partial charge in [-0.15, -0.1) is 11.3 Å². The van der Waals surface area contributed by atoms with Gasteiger partial charge in [-0.1, -0.05) is 48.5 Å². The van der Waals surface area contributed by atoms with Gasteiger partial charge in [-0.05, 0) is 42.0 Å². The number of hydrogen-bond acceptors (Lipinski definition) is 5. The minimum absolute atomic E-state index is 0.0917. The molecule has 3 aromatic carbocycles. The van der Waals surface area contributed by atoms with E-state index in [0.29, 0.717) is 5.69 Å². The SMILES string of the molecule is O=C(CN(Cc1ccccc1)S(=O)(=O)c1ccccc1)Nc1ccc(-c2nccs2)cc1. The number of nitrogens with one attached hydrogen (secondary N) is 1. The van der Waals surface area contributed by atoms with Crippen LogP contribution in [0.1, 0.15) is 5.56 Å². The van der Waals surface area contributed by atoms with Gasteiger partial charge in [-0.3, -0.25) is 4.79 Å². The van der Waals surface area contributed by atoms with Crippen LogP contribution in [0.4, 0.5) is 5.69 Å². The second-order valence-electron chi connectivity index (χ2n) is 7.03. The van der Waals surface area contributed by atoms with Crippen LogP contribution in [0.2, 0.25) is 0 Å². The highest BCUT2D eigenvalue weighted by Crippen LogP contribution is 2.23. The summed E-state index contributed by atoms with van der Waals surface area (Å²) in [6, 6.07) is 24.7. The first kappa shape index (κ1) is 21.9. The lowest BCUT2D eigenvalue weighted by Crippen LogP contribution is -2.37. The molecule has 1 heterocycles. The number of anilines is 1. The maximum atomic E-state index is 13.2. The predicted molar refractivity (Wildman–Crippen MR) is 127 cm³/mol. The Balaban J connectivity index is 1.52. The second kappa shape index (κ2) is 9.86. The van der Waals surface area contributed by atoms with Gasteiger partial charge < -0.3 is 5.32 Å². The van der Waals surface area contributed by atoms with E-state index >= 15 is 0 Å². The van der Waals surface area contributed by atoms with Crippen molar-refractivity contribution < 1.29 is 13.2 Å². The average molecular weight is 464 g/mol. The van der Waals surface area contributed by atoms with Gasteiger partial charge >= 0.3 is 0 Å². The molecular weight excluding hydrogens is 442 g/mol. The molecule has 0 aliphatic carbocycles. The fourth-order valence-corrected chi connectivity index (χ4v) is 5.23. The number of thiazole rings is 1. The summed E-state index contributed by atoms with van der Waals surface area (Å²) >= 11 is 1.53. The maximum absolute atomic E-state index is 13.2. The Morgan fingerprint density at radius 2 is 1.56 bits per heavy atom. The van der Waals surface area contributed by atoms with E-state index < -0.39 is 15.9 Å². The summed E-state index contributed by atoms with van der Waals surface area (Å²) in [4.78, 5) is 17.2. The minimum atomic E-state index is -3.86. The molecule has 0 spiro atoms. The Bertz CT molecular complexity index is 1260. The number of hydrogen-bond donors (Lipinski definition) is 1. The van der Waals surface area contributed by atoms with Gasteiger partial charge in [0, 0.05) is 29.4 Å². The zero-order chi connectivity index (χ0) is 22.4. The summed E-state index contributed by atoms with van der Waals surface area (Å²) in [5, 5.41) is 5.59. The Morgan fingerprint density at radius 3 is 2.19 bits per heavy atom. The van der Waals surface area contributed by atoms with Gasteiger partial charge in [0.25, 0.3) is 0 Å². The highest BCUT2D eigenvalue weighted by Gasteiger charge is 2.26. The van der Waals surface area contributed by atoms with Crippen molar-refractivity contribution in [1.82, 2.24) is 9.29 Å². The molecule has 32 heavy (non-hydrogen) atoms. The van der Waals surface area contributed by atoms with Gasteiger partial charge in [-0.2, -0.15) is 4.31 Å². The van der Waals surface area contributed by atoms with Crippen LogP contribution >= 0.6 is 11.3 Å². The quantitative estimate of drug-likeness (QED) is 0.413. The molecule has 1 amide bonds. The molecule has 6 nitrogen and oxygen atoms in total. The molecule has 0 fully saturated rings. The summed E-state index contributed by atoms with van der Waals surface area (Å²) in [7, 11) is -3.86. The van der Waals surface area contributed by atoms with E-state index in [1.807, 2.05) is 47.8 Å². The molecule has 0 radical (unpaired) electrons. The van der Waals surface area contributed by atoms with Crippen LogP contribution in [-0.2, 0) is 21.4 Å². The summed E-state index contributed by atoms with van der Waals surface area (Å²) in [5.41, 5.74) is 2.34. The van der Waals surface area contributed by atoms with E-state index in [9.17, 15) is 13.2 Å². The first-order chi connectivity index (χ1) is 15.5. The van der Waals surface area contributed by atoms with E-state index in [1.165, 1.54) is 27.8 Å². The molecule has 0 saturated carbocycles. The summed E-state index contributed by atoms with van der Waals surface area (Å²) in [6.45, 7) is -0.213. The first-order valence-electron chi connectivity index (χ1n) is 9.91. The molecule has 8 heteroatoms. The standard InChI is InChI=1S/C24H21N3O3S2/c28-23(26-21-13-11-20(12-14-21)24-25-15-16-31-24)18-27(17-19-7-3-1-4-8-19)32(29,30)22-9-5-2-6-10-22/h1-16H,17-18H2,(H,26,28). The van der Waals surface area contributed by atoms with Gasteiger partial charge in [0.1, 0.15) is 5.01 Å². The lowest BCUT2D eigenvalue weighted by molar-refractivity contribution is -0.116.